The van der Waals surface area contributed by atoms with Crippen molar-refractivity contribution in [2.45, 2.75) is 33.7 Å². The van der Waals surface area contributed by atoms with Crippen molar-refractivity contribution < 1.29 is 9.18 Å². The topological polar surface area (TPSA) is 72.7 Å². The summed E-state index contributed by atoms with van der Waals surface area (Å²) in [6.45, 7) is 7.82. The largest absolute Gasteiger partial charge is 0.298 e. The summed E-state index contributed by atoms with van der Waals surface area (Å²) in [5, 5.41) is 9.44. The number of halogens is 1. The Balaban J connectivity index is 1.65. The number of hydrogen-bond acceptors (Lipinski definition) is 5. The molecule has 0 bridgehead atoms. The molecular formula is C23H22FN5OS. The number of aryl methyl sites for hydroxylation is 2. The molecular weight excluding hydrogens is 413 g/mol. The summed E-state index contributed by atoms with van der Waals surface area (Å²) in [7, 11) is 0. The van der Waals surface area contributed by atoms with Crippen LogP contribution in [0.3, 0.4) is 0 Å². The standard InChI is InChI=1S/C23H22FN5OS/c1-13(2)29-21(16-7-5-6-8-18(16)24)17(11-25-29)22(30)28-23-27-20(12-31-23)19-10-9-14(3)15(4)26-19/h5-13H,1-4H3,(H,27,28,30). The number of pyridine rings is 1. The summed E-state index contributed by atoms with van der Waals surface area (Å²) in [6.07, 6.45) is 1.47. The molecule has 0 atom stereocenters. The van der Waals surface area contributed by atoms with Crippen molar-refractivity contribution in [2.75, 3.05) is 5.32 Å². The number of benzene rings is 1. The molecule has 4 aromatic rings. The molecule has 1 amide bonds. The Morgan fingerprint density at radius 2 is 1.87 bits per heavy atom. The Morgan fingerprint density at radius 1 is 1.10 bits per heavy atom. The van der Waals surface area contributed by atoms with Crippen molar-refractivity contribution in [1.82, 2.24) is 19.7 Å². The van der Waals surface area contributed by atoms with Crippen LogP contribution in [0.15, 0.2) is 48.0 Å². The third kappa shape index (κ3) is 4.11. The van der Waals surface area contributed by atoms with E-state index in [2.05, 4.69) is 20.4 Å². The lowest BCUT2D eigenvalue weighted by atomic mass is 10.1. The van der Waals surface area contributed by atoms with Gasteiger partial charge in [0.15, 0.2) is 5.13 Å². The zero-order valence-corrected chi connectivity index (χ0v) is 18.5. The number of nitrogens with one attached hydrogen (secondary N) is 1. The molecule has 3 aromatic heterocycles. The molecule has 1 N–H and O–H groups in total. The van der Waals surface area contributed by atoms with Crippen LogP contribution in [0.2, 0.25) is 0 Å². The normalized spacial score (nSPS) is 11.2. The number of nitrogens with zero attached hydrogens (tertiary/aromatic N) is 4. The van der Waals surface area contributed by atoms with Gasteiger partial charge in [-0.2, -0.15) is 5.10 Å². The van der Waals surface area contributed by atoms with Gasteiger partial charge in [0.05, 0.1) is 23.1 Å². The zero-order chi connectivity index (χ0) is 22.1. The monoisotopic (exact) mass is 435 g/mol. The Kier molecular flexibility index (Phi) is 5.65. The third-order valence-electron chi connectivity index (χ3n) is 5.00. The van der Waals surface area contributed by atoms with Crippen molar-refractivity contribution in [2.24, 2.45) is 0 Å². The van der Waals surface area contributed by atoms with E-state index in [0.29, 0.717) is 27.6 Å². The first-order chi connectivity index (χ1) is 14.8. The van der Waals surface area contributed by atoms with Crippen molar-refractivity contribution in [1.29, 1.82) is 0 Å². The Bertz CT molecular complexity index is 1260. The molecule has 3 heterocycles. The molecule has 0 radical (unpaired) electrons. The molecule has 0 aliphatic heterocycles. The summed E-state index contributed by atoms with van der Waals surface area (Å²) in [6, 6.07) is 10.2. The van der Waals surface area contributed by atoms with E-state index in [1.807, 2.05) is 45.2 Å². The highest BCUT2D eigenvalue weighted by molar-refractivity contribution is 7.14. The van der Waals surface area contributed by atoms with E-state index >= 15 is 0 Å². The van der Waals surface area contributed by atoms with Gasteiger partial charge >= 0.3 is 0 Å². The van der Waals surface area contributed by atoms with E-state index in [9.17, 15) is 9.18 Å². The van der Waals surface area contributed by atoms with Gasteiger partial charge in [-0.25, -0.2) is 9.37 Å². The van der Waals surface area contributed by atoms with Crippen molar-refractivity contribution >= 4 is 22.4 Å². The summed E-state index contributed by atoms with van der Waals surface area (Å²) in [5.74, 6) is -0.796. The molecule has 0 fully saturated rings. The highest BCUT2D eigenvalue weighted by Gasteiger charge is 2.23. The van der Waals surface area contributed by atoms with Crippen LogP contribution in [0, 0.1) is 19.7 Å². The van der Waals surface area contributed by atoms with Gasteiger partial charge in [0, 0.05) is 22.7 Å². The van der Waals surface area contributed by atoms with Crippen LogP contribution in [-0.2, 0) is 0 Å². The van der Waals surface area contributed by atoms with E-state index in [4.69, 9.17) is 0 Å². The predicted molar refractivity (Wildman–Crippen MR) is 121 cm³/mol. The minimum Gasteiger partial charge on any atom is -0.298 e. The predicted octanol–water partition coefficient (Wildman–Crippen LogP) is 5.66. The first-order valence-corrected chi connectivity index (χ1v) is 10.8. The lowest BCUT2D eigenvalue weighted by Gasteiger charge is -2.13. The summed E-state index contributed by atoms with van der Waals surface area (Å²) >= 11 is 1.31. The lowest BCUT2D eigenvalue weighted by Crippen LogP contribution is -2.14. The highest BCUT2D eigenvalue weighted by Crippen LogP contribution is 2.30. The maximum absolute atomic E-state index is 14.5. The number of thiazole rings is 1. The molecule has 8 heteroatoms. The van der Waals surface area contributed by atoms with Crippen LogP contribution in [0.4, 0.5) is 9.52 Å². The number of aromatic nitrogens is 4. The van der Waals surface area contributed by atoms with E-state index in [1.54, 1.807) is 22.9 Å². The molecule has 6 nitrogen and oxygen atoms in total. The van der Waals surface area contributed by atoms with Crippen LogP contribution in [0.5, 0.6) is 0 Å². The van der Waals surface area contributed by atoms with E-state index in [-0.39, 0.29) is 11.9 Å². The van der Waals surface area contributed by atoms with E-state index in [1.165, 1.54) is 23.6 Å². The number of carbonyl (C=O) groups is 1. The van der Waals surface area contributed by atoms with Crippen molar-refractivity contribution in [3.05, 3.63) is 70.6 Å². The molecule has 0 spiro atoms. The number of amides is 1. The Hall–Kier alpha value is -3.39. The average molecular weight is 436 g/mol. The molecule has 0 saturated carbocycles. The molecule has 31 heavy (non-hydrogen) atoms. The smallest absolute Gasteiger partial charge is 0.261 e. The van der Waals surface area contributed by atoms with Gasteiger partial charge in [-0.3, -0.25) is 19.8 Å². The first kappa shape index (κ1) is 20.9. The second kappa shape index (κ2) is 8.39. The van der Waals surface area contributed by atoms with Crippen LogP contribution in [0.25, 0.3) is 22.6 Å². The number of anilines is 1. The van der Waals surface area contributed by atoms with Gasteiger partial charge in [-0.1, -0.05) is 18.2 Å². The van der Waals surface area contributed by atoms with Gasteiger partial charge in [-0.05, 0) is 51.5 Å². The third-order valence-corrected chi connectivity index (χ3v) is 5.75. The summed E-state index contributed by atoms with van der Waals surface area (Å²) in [5.41, 5.74) is 4.55. The number of rotatable bonds is 5. The fourth-order valence-corrected chi connectivity index (χ4v) is 3.93. The maximum atomic E-state index is 14.5. The molecule has 0 saturated heterocycles. The van der Waals surface area contributed by atoms with Gasteiger partial charge in [0.25, 0.3) is 5.91 Å². The molecule has 1 aromatic carbocycles. The lowest BCUT2D eigenvalue weighted by molar-refractivity contribution is 0.102. The van der Waals surface area contributed by atoms with Gasteiger partial charge < -0.3 is 0 Å². The number of carbonyl (C=O) groups excluding carboxylic acids is 1. The van der Waals surface area contributed by atoms with E-state index < -0.39 is 5.82 Å². The molecule has 158 valence electrons. The van der Waals surface area contributed by atoms with Crippen LogP contribution >= 0.6 is 11.3 Å². The molecule has 0 aliphatic carbocycles. The second-order valence-electron chi connectivity index (χ2n) is 7.52. The average Bonchev–Trinajstić information content (AvgIpc) is 3.38. The Morgan fingerprint density at radius 3 is 2.58 bits per heavy atom. The SMILES string of the molecule is Cc1ccc(-c2csc(NC(=O)c3cnn(C(C)C)c3-c3ccccc3F)n2)nc1C. The zero-order valence-electron chi connectivity index (χ0n) is 17.7. The van der Waals surface area contributed by atoms with E-state index in [0.717, 1.165) is 17.0 Å². The second-order valence-corrected chi connectivity index (χ2v) is 8.37. The minimum absolute atomic E-state index is 0.0431. The quantitative estimate of drug-likeness (QED) is 0.439. The van der Waals surface area contributed by atoms with Crippen molar-refractivity contribution in [3.63, 3.8) is 0 Å². The fourth-order valence-electron chi connectivity index (χ4n) is 3.23. The molecule has 4 rings (SSSR count). The van der Waals surface area contributed by atoms with Gasteiger partial charge in [-0.15, -0.1) is 11.3 Å². The highest BCUT2D eigenvalue weighted by atomic mass is 32.1. The summed E-state index contributed by atoms with van der Waals surface area (Å²) in [4.78, 5) is 22.1. The summed E-state index contributed by atoms with van der Waals surface area (Å²) < 4.78 is 16.2. The van der Waals surface area contributed by atoms with Gasteiger partial charge in [0.1, 0.15) is 11.5 Å². The maximum Gasteiger partial charge on any atom is 0.261 e. The van der Waals surface area contributed by atoms with Crippen molar-refractivity contribution in [3.8, 4) is 22.6 Å². The molecule has 0 unspecified atom stereocenters. The first-order valence-electron chi connectivity index (χ1n) is 9.89. The van der Waals surface area contributed by atoms with Crippen LogP contribution in [-0.4, -0.2) is 25.7 Å². The minimum atomic E-state index is -0.406. The van der Waals surface area contributed by atoms with Crippen LogP contribution < -0.4 is 5.32 Å². The fraction of sp³-hybridized carbons (Fsp3) is 0.217. The number of hydrogen-bond donors (Lipinski definition) is 1. The molecule has 0 aliphatic rings. The van der Waals surface area contributed by atoms with Crippen LogP contribution in [0.1, 0.15) is 41.5 Å². The van der Waals surface area contributed by atoms with Gasteiger partial charge in [0.2, 0.25) is 0 Å². The Labute approximate surface area is 183 Å².